The normalized spacial score (nSPS) is 10.4. The molecule has 0 radical (unpaired) electrons. The van der Waals surface area contributed by atoms with Gasteiger partial charge in [0.15, 0.2) is 5.75 Å². The molecule has 0 aliphatic rings. The Balaban J connectivity index is 2.08. The van der Waals surface area contributed by atoms with Crippen LogP contribution in [0.5, 0.6) is 11.5 Å². The van der Waals surface area contributed by atoms with Crippen molar-refractivity contribution >= 4 is 57.9 Å². The molecule has 0 bridgehead atoms. The molecule has 2 aromatic carbocycles. The molecule has 5 nitrogen and oxygen atoms in total. The molecule has 0 atom stereocenters. The number of benzene rings is 2. The van der Waals surface area contributed by atoms with Crippen molar-refractivity contribution in [2.75, 3.05) is 13.7 Å². The van der Waals surface area contributed by atoms with Crippen molar-refractivity contribution in [1.29, 1.82) is 0 Å². The molecule has 0 heterocycles. The fraction of sp³-hybridized carbons (Fsp3) is 0.111. The number of carbonyl (C=O) groups excluding carboxylic acids is 1. The van der Waals surface area contributed by atoms with Crippen molar-refractivity contribution in [2.24, 2.45) is 5.10 Å². The first-order chi connectivity index (χ1) is 12.5. The highest BCUT2D eigenvalue weighted by Crippen LogP contribution is 2.33. The fourth-order valence-corrected chi connectivity index (χ4v) is 3.11. The number of rotatable bonds is 6. The Hall–Kier alpha value is -1.95. The summed E-state index contributed by atoms with van der Waals surface area (Å²) in [5.41, 5.74) is 3.45. The molecule has 2 rings (SSSR count). The van der Waals surface area contributed by atoms with E-state index in [4.69, 9.17) is 39.1 Å². The number of amides is 1. The summed E-state index contributed by atoms with van der Waals surface area (Å²) in [5.74, 6) is 2.88. The maximum absolute atomic E-state index is 12.1. The molecule has 0 fully saturated rings. The topological polar surface area (TPSA) is 59.9 Å². The molecule has 1 amide bonds. The van der Waals surface area contributed by atoms with Gasteiger partial charge in [-0.05, 0) is 58.5 Å². The predicted octanol–water partition coefficient (Wildman–Crippen LogP) is 4.38. The van der Waals surface area contributed by atoms with Crippen LogP contribution in [0.1, 0.15) is 15.9 Å². The number of hydrazone groups is 1. The molecule has 0 aliphatic carbocycles. The van der Waals surface area contributed by atoms with Crippen LogP contribution in [-0.2, 0) is 0 Å². The molecule has 26 heavy (non-hydrogen) atoms. The van der Waals surface area contributed by atoms with E-state index >= 15 is 0 Å². The Morgan fingerprint density at radius 1 is 1.35 bits per heavy atom. The van der Waals surface area contributed by atoms with Crippen LogP contribution >= 0.6 is 45.8 Å². The van der Waals surface area contributed by atoms with Crippen LogP contribution in [0.3, 0.4) is 0 Å². The van der Waals surface area contributed by atoms with Crippen LogP contribution in [0.4, 0.5) is 0 Å². The quantitative estimate of drug-likeness (QED) is 0.276. The van der Waals surface area contributed by atoms with E-state index in [2.05, 4.69) is 39.0 Å². The SMILES string of the molecule is C#CCOc1c(Cl)cc(/C=N\NC(=O)c2ccc(I)c(OC)c2)cc1Cl. The number of carbonyl (C=O) groups is 1. The minimum atomic E-state index is -0.373. The summed E-state index contributed by atoms with van der Waals surface area (Å²) in [6, 6.07) is 8.30. The Morgan fingerprint density at radius 2 is 2.04 bits per heavy atom. The number of terminal acetylenes is 1. The molecular formula is C18H13Cl2IN2O3. The molecule has 1 N–H and O–H groups in total. The summed E-state index contributed by atoms with van der Waals surface area (Å²) in [5, 5.41) is 4.50. The van der Waals surface area contributed by atoms with Gasteiger partial charge in [0.2, 0.25) is 0 Å². The monoisotopic (exact) mass is 502 g/mol. The molecule has 0 unspecified atom stereocenters. The highest BCUT2D eigenvalue weighted by molar-refractivity contribution is 14.1. The van der Waals surface area contributed by atoms with Crippen molar-refractivity contribution in [2.45, 2.75) is 0 Å². The molecule has 8 heteroatoms. The first-order valence-electron chi connectivity index (χ1n) is 7.18. The van der Waals surface area contributed by atoms with Gasteiger partial charge in [-0.1, -0.05) is 29.1 Å². The number of nitrogens with zero attached hydrogens (tertiary/aromatic N) is 1. The van der Waals surface area contributed by atoms with E-state index in [1.807, 2.05) is 0 Å². The van der Waals surface area contributed by atoms with Gasteiger partial charge >= 0.3 is 0 Å². The first kappa shape index (κ1) is 20.4. The predicted molar refractivity (Wildman–Crippen MR) is 112 cm³/mol. The molecular weight excluding hydrogens is 490 g/mol. The lowest BCUT2D eigenvalue weighted by Gasteiger charge is -2.08. The highest BCUT2D eigenvalue weighted by Gasteiger charge is 2.10. The first-order valence-corrected chi connectivity index (χ1v) is 9.02. The molecule has 0 saturated heterocycles. The second-order valence-electron chi connectivity index (χ2n) is 4.85. The zero-order chi connectivity index (χ0) is 19.1. The van der Waals surface area contributed by atoms with Crippen molar-refractivity contribution in [3.63, 3.8) is 0 Å². The zero-order valence-corrected chi connectivity index (χ0v) is 17.2. The van der Waals surface area contributed by atoms with Gasteiger partial charge in [-0.3, -0.25) is 4.79 Å². The van der Waals surface area contributed by atoms with Crippen LogP contribution in [-0.4, -0.2) is 25.8 Å². The van der Waals surface area contributed by atoms with Crippen LogP contribution in [0.25, 0.3) is 0 Å². The largest absolute Gasteiger partial charge is 0.496 e. The number of hydrogen-bond donors (Lipinski definition) is 1. The maximum atomic E-state index is 12.1. The van der Waals surface area contributed by atoms with Gasteiger partial charge < -0.3 is 9.47 Å². The Bertz CT molecular complexity index is 871. The van der Waals surface area contributed by atoms with E-state index in [1.165, 1.54) is 6.21 Å². The average molecular weight is 503 g/mol. The molecule has 134 valence electrons. The number of nitrogens with one attached hydrogen (secondary N) is 1. The van der Waals surface area contributed by atoms with Crippen molar-refractivity contribution in [3.8, 4) is 23.8 Å². The summed E-state index contributed by atoms with van der Waals surface area (Å²) >= 11 is 14.3. The maximum Gasteiger partial charge on any atom is 0.271 e. The zero-order valence-electron chi connectivity index (χ0n) is 13.6. The number of halogens is 3. The van der Waals surface area contributed by atoms with Gasteiger partial charge in [-0.15, -0.1) is 6.42 Å². The second kappa shape index (κ2) is 9.67. The van der Waals surface area contributed by atoms with E-state index in [9.17, 15) is 4.79 Å². The molecule has 0 aliphatic heterocycles. The van der Waals surface area contributed by atoms with E-state index < -0.39 is 0 Å². The lowest BCUT2D eigenvalue weighted by atomic mass is 10.2. The summed E-state index contributed by atoms with van der Waals surface area (Å²) in [7, 11) is 1.54. The second-order valence-corrected chi connectivity index (χ2v) is 6.83. The van der Waals surface area contributed by atoms with E-state index in [-0.39, 0.29) is 12.5 Å². The third-order valence-corrected chi connectivity index (χ3v) is 4.57. The van der Waals surface area contributed by atoms with Crippen LogP contribution < -0.4 is 14.9 Å². The smallest absolute Gasteiger partial charge is 0.271 e. The van der Waals surface area contributed by atoms with Gasteiger partial charge in [0.05, 0.1) is 26.9 Å². The molecule has 0 spiro atoms. The van der Waals surface area contributed by atoms with Gasteiger partial charge in [0.25, 0.3) is 5.91 Å². The van der Waals surface area contributed by atoms with Crippen molar-refractivity contribution in [1.82, 2.24) is 5.43 Å². The Labute approximate surface area is 174 Å². The Morgan fingerprint density at radius 3 is 2.65 bits per heavy atom. The van der Waals surface area contributed by atoms with Gasteiger partial charge in [0, 0.05) is 5.56 Å². The van der Waals surface area contributed by atoms with Crippen LogP contribution in [0, 0.1) is 15.9 Å². The summed E-state index contributed by atoms with van der Waals surface area (Å²) in [6.45, 7) is 0.0579. The minimum absolute atomic E-state index is 0.0579. The number of ether oxygens (including phenoxy) is 2. The molecule has 0 saturated carbocycles. The highest BCUT2D eigenvalue weighted by atomic mass is 127. The lowest BCUT2D eigenvalue weighted by molar-refractivity contribution is 0.0954. The standard InChI is InChI=1S/C18H13Cl2IN2O3/c1-3-6-26-17-13(19)7-11(8-14(17)20)10-22-23-18(24)12-4-5-15(21)16(9-12)25-2/h1,4-5,7-10H,6H2,2H3,(H,23,24)/b22-10-. The fourth-order valence-electron chi connectivity index (χ4n) is 1.94. The number of methoxy groups -OCH3 is 1. The molecule has 0 aromatic heterocycles. The van der Waals surface area contributed by atoms with Crippen LogP contribution in [0.2, 0.25) is 10.0 Å². The summed E-state index contributed by atoms with van der Waals surface area (Å²) in [4.78, 5) is 12.1. The van der Waals surface area contributed by atoms with E-state index in [0.29, 0.717) is 32.7 Å². The van der Waals surface area contributed by atoms with Gasteiger partial charge in [-0.25, -0.2) is 5.43 Å². The van der Waals surface area contributed by atoms with E-state index in [0.717, 1.165) is 3.57 Å². The van der Waals surface area contributed by atoms with E-state index in [1.54, 1.807) is 37.4 Å². The van der Waals surface area contributed by atoms with Crippen LogP contribution in [0.15, 0.2) is 35.4 Å². The average Bonchev–Trinajstić information content (AvgIpc) is 2.61. The van der Waals surface area contributed by atoms with Gasteiger partial charge in [0.1, 0.15) is 12.4 Å². The molecule has 2 aromatic rings. The third kappa shape index (κ3) is 5.27. The van der Waals surface area contributed by atoms with Gasteiger partial charge in [-0.2, -0.15) is 5.10 Å². The van der Waals surface area contributed by atoms with Crippen molar-refractivity contribution in [3.05, 3.63) is 55.1 Å². The number of hydrogen-bond acceptors (Lipinski definition) is 4. The third-order valence-electron chi connectivity index (χ3n) is 3.11. The minimum Gasteiger partial charge on any atom is -0.496 e. The Kier molecular flexibility index (Phi) is 7.57. The van der Waals surface area contributed by atoms with Crippen molar-refractivity contribution < 1.29 is 14.3 Å². The lowest BCUT2D eigenvalue weighted by Crippen LogP contribution is -2.17. The summed E-state index contributed by atoms with van der Waals surface area (Å²) in [6.07, 6.45) is 6.57. The summed E-state index contributed by atoms with van der Waals surface area (Å²) < 4.78 is 11.4.